The number of nitrogens with zero attached hydrogens (tertiary/aromatic N) is 2. The number of amides is 1. The lowest BCUT2D eigenvalue weighted by Crippen LogP contribution is -2.30. The Kier molecular flexibility index (Phi) is 6.53. The second-order valence-electron chi connectivity index (χ2n) is 7.23. The van der Waals surface area contributed by atoms with Gasteiger partial charge in [0.1, 0.15) is 0 Å². The lowest BCUT2D eigenvalue weighted by atomic mass is 10.1. The van der Waals surface area contributed by atoms with E-state index in [4.69, 9.17) is 0 Å². The monoisotopic (exact) mass is 425 g/mol. The minimum Gasteiger partial charge on any atom is -0.348 e. The Morgan fingerprint density at radius 1 is 1.00 bits per heavy atom. The molecule has 1 heterocycles. The van der Waals surface area contributed by atoms with Gasteiger partial charge < -0.3 is 5.32 Å². The highest BCUT2D eigenvalue weighted by molar-refractivity contribution is 7.89. The largest absolute Gasteiger partial charge is 0.348 e. The molecule has 0 atom stereocenters. The molecular formula is C23H27N3O3S. The van der Waals surface area contributed by atoms with Crippen molar-refractivity contribution < 1.29 is 13.2 Å². The highest BCUT2D eigenvalue weighted by atomic mass is 32.2. The Balaban J connectivity index is 1.74. The van der Waals surface area contributed by atoms with Gasteiger partial charge in [-0.2, -0.15) is 4.31 Å². The summed E-state index contributed by atoms with van der Waals surface area (Å²) in [6, 6.07) is 14.4. The Labute approximate surface area is 178 Å². The number of rotatable bonds is 7. The van der Waals surface area contributed by atoms with Crippen molar-refractivity contribution in [1.29, 1.82) is 0 Å². The number of aromatic nitrogens is 1. The van der Waals surface area contributed by atoms with Crippen LogP contribution in [0.25, 0.3) is 10.9 Å². The number of benzene rings is 2. The van der Waals surface area contributed by atoms with Crippen molar-refractivity contribution in [2.75, 3.05) is 13.1 Å². The maximum Gasteiger partial charge on any atom is 0.253 e. The minimum absolute atomic E-state index is 0.205. The van der Waals surface area contributed by atoms with E-state index in [1.807, 2.05) is 52.0 Å². The summed E-state index contributed by atoms with van der Waals surface area (Å²) in [6.45, 7) is 8.61. The molecule has 1 aromatic heterocycles. The van der Waals surface area contributed by atoms with Crippen LogP contribution in [-0.4, -0.2) is 36.7 Å². The van der Waals surface area contributed by atoms with Gasteiger partial charge in [0.2, 0.25) is 10.0 Å². The molecule has 0 saturated heterocycles. The number of hydrogen-bond acceptors (Lipinski definition) is 4. The topological polar surface area (TPSA) is 79.4 Å². The van der Waals surface area contributed by atoms with Gasteiger partial charge in [0.05, 0.1) is 21.7 Å². The highest BCUT2D eigenvalue weighted by Gasteiger charge is 2.21. The molecule has 158 valence electrons. The molecule has 3 aromatic rings. The first-order chi connectivity index (χ1) is 14.3. The van der Waals surface area contributed by atoms with Crippen LogP contribution in [-0.2, 0) is 16.6 Å². The summed E-state index contributed by atoms with van der Waals surface area (Å²) < 4.78 is 26.6. The van der Waals surface area contributed by atoms with Gasteiger partial charge in [0, 0.05) is 25.0 Å². The predicted molar refractivity (Wildman–Crippen MR) is 119 cm³/mol. The first kappa shape index (κ1) is 21.9. The minimum atomic E-state index is -3.48. The Hall–Kier alpha value is -2.77. The van der Waals surface area contributed by atoms with Gasteiger partial charge in [0.15, 0.2) is 0 Å². The van der Waals surface area contributed by atoms with Gasteiger partial charge in [-0.25, -0.2) is 8.42 Å². The van der Waals surface area contributed by atoms with Gasteiger partial charge in [-0.3, -0.25) is 9.78 Å². The third kappa shape index (κ3) is 4.52. The zero-order valence-electron chi connectivity index (χ0n) is 17.8. The third-order valence-corrected chi connectivity index (χ3v) is 7.19. The molecular weight excluding hydrogens is 398 g/mol. The summed E-state index contributed by atoms with van der Waals surface area (Å²) in [5.74, 6) is -0.205. The van der Waals surface area contributed by atoms with Crippen molar-refractivity contribution >= 4 is 26.8 Å². The molecule has 3 rings (SSSR count). The molecule has 6 nitrogen and oxygen atoms in total. The number of nitrogens with one attached hydrogen (secondary N) is 1. The van der Waals surface area contributed by atoms with Gasteiger partial charge in [0.25, 0.3) is 5.91 Å². The smallest absolute Gasteiger partial charge is 0.253 e. The molecule has 0 spiro atoms. The summed E-state index contributed by atoms with van der Waals surface area (Å²) in [6.07, 6.45) is 0. The Bertz CT molecular complexity index is 1170. The van der Waals surface area contributed by atoms with Crippen molar-refractivity contribution in [3.05, 3.63) is 70.9 Å². The van der Waals surface area contributed by atoms with Crippen molar-refractivity contribution in [2.24, 2.45) is 0 Å². The molecule has 1 N–H and O–H groups in total. The van der Waals surface area contributed by atoms with E-state index < -0.39 is 10.0 Å². The molecule has 1 amide bonds. The number of pyridine rings is 1. The molecule has 0 aliphatic rings. The van der Waals surface area contributed by atoms with Crippen LogP contribution >= 0.6 is 0 Å². The van der Waals surface area contributed by atoms with Gasteiger partial charge in [-0.05, 0) is 49.7 Å². The van der Waals surface area contributed by atoms with Crippen molar-refractivity contribution in [2.45, 2.75) is 39.1 Å². The third-order valence-electron chi connectivity index (χ3n) is 5.13. The van der Waals surface area contributed by atoms with Crippen LogP contribution in [0.5, 0.6) is 0 Å². The molecule has 0 aliphatic carbocycles. The predicted octanol–water partition coefficient (Wildman–Crippen LogP) is 3.81. The number of aryl methyl sites for hydroxylation is 2. The average Bonchev–Trinajstić information content (AvgIpc) is 2.72. The fraction of sp³-hybridized carbons (Fsp3) is 0.304. The van der Waals surface area contributed by atoms with Crippen LogP contribution < -0.4 is 5.32 Å². The summed E-state index contributed by atoms with van der Waals surface area (Å²) in [5.41, 5.74) is 4.00. The normalized spacial score (nSPS) is 11.8. The average molecular weight is 426 g/mol. The summed E-state index contributed by atoms with van der Waals surface area (Å²) in [7, 11) is -3.48. The first-order valence-electron chi connectivity index (χ1n) is 10.0. The standard InChI is InChI=1S/C23H27N3O3S/c1-5-26(6-2)30(28,29)20-10-8-18(9-11-20)15-24-23(27)21-14-19-13-16(3)7-12-22(19)25-17(21)4/h7-14H,5-6,15H2,1-4H3,(H,24,27). The van der Waals surface area contributed by atoms with E-state index in [0.29, 0.717) is 30.9 Å². The number of sulfonamides is 1. The van der Waals surface area contributed by atoms with Crippen LogP contribution in [0.3, 0.4) is 0 Å². The zero-order valence-corrected chi connectivity index (χ0v) is 18.6. The molecule has 0 unspecified atom stereocenters. The second-order valence-corrected chi connectivity index (χ2v) is 9.17. The van der Waals surface area contributed by atoms with E-state index in [1.165, 1.54) is 4.31 Å². The van der Waals surface area contributed by atoms with E-state index in [1.54, 1.807) is 24.3 Å². The number of carbonyl (C=O) groups is 1. The van der Waals surface area contributed by atoms with Crippen molar-refractivity contribution in [1.82, 2.24) is 14.6 Å². The zero-order chi connectivity index (χ0) is 21.9. The van der Waals surface area contributed by atoms with E-state index in [0.717, 1.165) is 22.0 Å². The highest BCUT2D eigenvalue weighted by Crippen LogP contribution is 2.19. The van der Waals surface area contributed by atoms with Gasteiger partial charge in [-0.1, -0.05) is 37.6 Å². The van der Waals surface area contributed by atoms with Crippen LogP contribution in [0.4, 0.5) is 0 Å². The first-order valence-corrected chi connectivity index (χ1v) is 11.5. The number of fused-ring (bicyclic) bond motifs is 1. The quantitative estimate of drug-likeness (QED) is 0.624. The van der Waals surface area contributed by atoms with Crippen LogP contribution in [0.15, 0.2) is 53.4 Å². The molecule has 0 saturated carbocycles. The van der Waals surface area contributed by atoms with Crippen LogP contribution in [0, 0.1) is 13.8 Å². The second kappa shape index (κ2) is 8.93. The van der Waals surface area contributed by atoms with Crippen LogP contribution in [0.2, 0.25) is 0 Å². The summed E-state index contributed by atoms with van der Waals surface area (Å²) in [5, 5.41) is 3.83. The lowest BCUT2D eigenvalue weighted by molar-refractivity contribution is 0.0950. The summed E-state index contributed by atoms with van der Waals surface area (Å²) in [4.78, 5) is 17.5. The van der Waals surface area contributed by atoms with E-state index in [-0.39, 0.29) is 10.8 Å². The molecule has 0 bridgehead atoms. The molecule has 30 heavy (non-hydrogen) atoms. The summed E-state index contributed by atoms with van der Waals surface area (Å²) >= 11 is 0. The molecule has 7 heteroatoms. The molecule has 0 radical (unpaired) electrons. The maximum atomic E-state index is 12.7. The van der Waals surface area contributed by atoms with Crippen LogP contribution in [0.1, 0.15) is 41.0 Å². The SMILES string of the molecule is CCN(CC)S(=O)(=O)c1ccc(CNC(=O)c2cc3cc(C)ccc3nc2C)cc1. The molecule has 2 aromatic carbocycles. The van der Waals surface area contributed by atoms with Crippen molar-refractivity contribution in [3.8, 4) is 0 Å². The van der Waals surface area contributed by atoms with E-state index >= 15 is 0 Å². The van der Waals surface area contributed by atoms with E-state index in [2.05, 4.69) is 10.3 Å². The number of carbonyl (C=O) groups excluding carboxylic acids is 1. The maximum absolute atomic E-state index is 12.7. The fourth-order valence-corrected chi connectivity index (χ4v) is 4.85. The molecule has 0 fully saturated rings. The Morgan fingerprint density at radius 2 is 1.67 bits per heavy atom. The van der Waals surface area contributed by atoms with Crippen molar-refractivity contribution in [3.63, 3.8) is 0 Å². The fourth-order valence-electron chi connectivity index (χ4n) is 3.39. The lowest BCUT2D eigenvalue weighted by Gasteiger charge is -2.18. The number of hydrogen-bond donors (Lipinski definition) is 1. The molecule has 0 aliphatic heterocycles. The van der Waals surface area contributed by atoms with Gasteiger partial charge in [-0.15, -0.1) is 0 Å². The van der Waals surface area contributed by atoms with Gasteiger partial charge >= 0.3 is 0 Å². The Morgan fingerprint density at radius 3 is 2.30 bits per heavy atom. The van der Waals surface area contributed by atoms with E-state index in [9.17, 15) is 13.2 Å².